The molecule has 9 aromatic rings. The van der Waals surface area contributed by atoms with Gasteiger partial charge in [0.05, 0.1) is 21.9 Å². The summed E-state index contributed by atoms with van der Waals surface area (Å²) in [6.45, 7) is 0. The zero-order valence-electron chi connectivity index (χ0n) is 30.6. The number of para-hydroxylation sites is 2. The van der Waals surface area contributed by atoms with Gasteiger partial charge in [-0.3, -0.25) is 0 Å². The number of rotatable bonds is 10. The SMILES string of the molecule is N#C/C(=C/c1ccc(-c2ccc(-c3cc(N(c4ccccc4)c4cccc5ccccc45)cc(N(c4ccccc4)c4cccc5ccccc45)c3)s2)[nH]1)C(=O)O. The lowest BCUT2D eigenvalue weighted by atomic mass is 10.0. The first-order valence-electron chi connectivity index (χ1n) is 18.5. The van der Waals surface area contributed by atoms with Crippen molar-refractivity contribution in [3.8, 4) is 27.1 Å². The van der Waals surface area contributed by atoms with Crippen molar-refractivity contribution in [2.24, 2.45) is 0 Å². The summed E-state index contributed by atoms with van der Waals surface area (Å²) in [5, 5.41) is 23.3. The Morgan fingerprint density at radius 2 is 1.07 bits per heavy atom. The summed E-state index contributed by atoms with van der Waals surface area (Å²) >= 11 is 1.64. The molecule has 7 heteroatoms. The topological polar surface area (TPSA) is 83.4 Å². The molecule has 0 aliphatic rings. The highest BCUT2D eigenvalue weighted by molar-refractivity contribution is 7.18. The van der Waals surface area contributed by atoms with Crippen LogP contribution < -0.4 is 9.80 Å². The average molecular weight is 755 g/mol. The molecule has 272 valence electrons. The van der Waals surface area contributed by atoms with Gasteiger partial charge in [0.15, 0.2) is 0 Å². The van der Waals surface area contributed by atoms with Gasteiger partial charge in [0.25, 0.3) is 0 Å². The molecule has 0 spiro atoms. The number of carbonyl (C=O) groups is 1. The molecule has 0 aliphatic carbocycles. The van der Waals surface area contributed by atoms with Crippen molar-refractivity contribution < 1.29 is 9.90 Å². The van der Waals surface area contributed by atoms with Gasteiger partial charge in [-0.25, -0.2) is 4.79 Å². The number of aliphatic carboxylic acids is 1. The number of fused-ring (bicyclic) bond motifs is 2. The van der Waals surface area contributed by atoms with E-state index in [1.54, 1.807) is 23.5 Å². The highest BCUT2D eigenvalue weighted by Crippen LogP contribution is 2.47. The van der Waals surface area contributed by atoms with Crippen LogP contribution in [-0.4, -0.2) is 16.1 Å². The van der Waals surface area contributed by atoms with Gasteiger partial charge in [0.2, 0.25) is 0 Å². The molecular weight excluding hydrogens is 721 g/mol. The molecule has 0 radical (unpaired) electrons. The van der Waals surface area contributed by atoms with E-state index >= 15 is 0 Å². The summed E-state index contributed by atoms with van der Waals surface area (Å²) in [6.07, 6.45) is 1.35. The maximum absolute atomic E-state index is 11.5. The minimum absolute atomic E-state index is 0.331. The molecule has 0 atom stereocenters. The van der Waals surface area contributed by atoms with E-state index in [1.807, 2.05) is 18.2 Å². The summed E-state index contributed by atoms with van der Waals surface area (Å²) in [5.74, 6) is -1.26. The van der Waals surface area contributed by atoms with Crippen LogP contribution in [0.1, 0.15) is 5.69 Å². The number of hydrogen-bond acceptors (Lipinski definition) is 5. The van der Waals surface area contributed by atoms with Crippen LogP contribution in [0.4, 0.5) is 34.1 Å². The molecule has 2 aromatic heterocycles. The Hall–Kier alpha value is -7.66. The Morgan fingerprint density at radius 3 is 1.61 bits per heavy atom. The molecule has 0 fully saturated rings. The van der Waals surface area contributed by atoms with Gasteiger partial charge in [-0.15, -0.1) is 11.3 Å². The number of carboxylic acids is 1. The van der Waals surface area contributed by atoms with Crippen LogP contribution in [0.5, 0.6) is 0 Å². The molecule has 7 aromatic carbocycles. The number of nitrogens with zero attached hydrogens (tertiary/aromatic N) is 3. The Morgan fingerprint density at radius 1 is 0.561 bits per heavy atom. The molecule has 9 rings (SSSR count). The highest BCUT2D eigenvalue weighted by Gasteiger charge is 2.22. The van der Waals surface area contributed by atoms with Crippen molar-refractivity contribution in [1.82, 2.24) is 4.98 Å². The Kier molecular flexibility index (Phi) is 9.37. The van der Waals surface area contributed by atoms with Crippen LogP contribution >= 0.6 is 11.3 Å². The fraction of sp³-hybridized carbons (Fsp3) is 0. The normalized spacial score (nSPS) is 11.4. The molecular formula is C50H34N4O2S. The summed E-state index contributed by atoms with van der Waals surface area (Å²) < 4.78 is 0. The maximum atomic E-state index is 11.5. The van der Waals surface area contributed by atoms with E-state index in [0.717, 1.165) is 76.7 Å². The Balaban J connectivity index is 1.28. The first-order valence-corrected chi connectivity index (χ1v) is 19.3. The second-order valence-corrected chi connectivity index (χ2v) is 14.6. The van der Waals surface area contributed by atoms with Crippen molar-refractivity contribution in [3.63, 3.8) is 0 Å². The quantitative estimate of drug-likeness (QED) is 0.107. The molecule has 2 N–H and O–H groups in total. The zero-order chi connectivity index (χ0) is 38.7. The first-order chi connectivity index (χ1) is 28.0. The number of aromatic nitrogens is 1. The van der Waals surface area contributed by atoms with Crippen LogP contribution in [0.15, 0.2) is 194 Å². The number of anilines is 6. The van der Waals surface area contributed by atoms with Crippen LogP contribution in [0.3, 0.4) is 0 Å². The number of thiophene rings is 1. The average Bonchev–Trinajstić information content (AvgIpc) is 3.95. The second kappa shape index (κ2) is 15.2. The number of benzene rings is 7. The molecule has 6 nitrogen and oxygen atoms in total. The number of aromatic amines is 1. The summed E-state index contributed by atoms with van der Waals surface area (Å²) in [4.78, 5) is 21.5. The monoisotopic (exact) mass is 754 g/mol. The van der Waals surface area contributed by atoms with E-state index in [4.69, 9.17) is 0 Å². The van der Waals surface area contributed by atoms with E-state index in [-0.39, 0.29) is 5.57 Å². The predicted octanol–water partition coefficient (Wildman–Crippen LogP) is 13.6. The minimum atomic E-state index is -1.26. The van der Waals surface area contributed by atoms with E-state index in [0.29, 0.717) is 5.69 Å². The lowest BCUT2D eigenvalue weighted by Gasteiger charge is -2.31. The molecule has 0 unspecified atom stereocenters. The largest absolute Gasteiger partial charge is 0.477 e. The lowest BCUT2D eigenvalue weighted by molar-refractivity contribution is -0.132. The molecule has 2 heterocycles. The van der Waals surface area contributed by atoms with Crippen LogP contribution in [0.2, 0.25) is 0 Å². The number of nitrogens with one attached hydrogen (secondary N) is 1. The van der Waals surface area contributed by atoms with Crippen molar-refractivity contribution in [1.29, 1.82) is 5.26 Å². The van der Waals surface area contributed by atoms with E-state index in [1.165, 1.54) is 6.08 Å². The number of nitriles is 1. The summed E-state index contributed by atoms with van der Waals surface area (Å²) in [6, 6.07) is 67.3. The fourth-order valence-corrected chi connectivity index (χ4v) is 8.36. The van der Waals surface area contributed by atoms with Crippen LogP contribution in [0, 0.1) is 11.3 Å². The molecule has 0 amide bonds. The van der Waals surface area contributed by atoms with Crippen LogP contribution in [0.25, 0.3) is 48.6 Å². The van der Waals surface area contributed by atoms with Crippen molar-refractivity contribution >= 4 is 79.1 Å². The standard InChI is InChI=1S/C50H34N4O2S/c51-33-37(50(55)56)29-38-25-26-45(52-38)49-28-27-48(57-49)36-30-41(53(39-17-3-1-4-18-39)46-23-11-15-34-13-7-9-21-43(34)46)32-42(31-36)54(40-19-5-2-6-20-40)47-24-12-16-35-14-8-10-22-44(35)47/h1-32,52H,(H,55,56)/b37-29-. The lowest BCUT2D eigenvalue weighted by Crippen LogP contribution is -2.14. The fourth-order valence-electron chi connectivity index (χ4n) is 7.39. The minimum Gasteiger partial charge on any atom is -0.477 e. The molecule has 57 heavy (non-hydrogen) atoms. The maximum Gasteiger partial charge on any atom is 0.346 e. The van der Waals surface area contributed by atoms with Gasteiger partial charge >= 0.3 is 5.97 Å². The number of carboxylic acid groups (broad SMARTS) is 1. The van der Waals surface area contributed by atoms with Crippen molar-refractivity contribution in [3.05, 3.63) is 199 Å². The smallest absolute Gasteiger partial charge is 0.346 e. The van der Waals surface area contributed by atoms with Crippen molar-refractivity contribution in [2.45, 2.75) is 0 Å². The molecule has 0 aliphatic heterocycles. The Bertz CT molecular complexity index is 2830. The summed E-state index contributed by atoms with van der Waals surface area (Å²) in [5.41, 5.74) is 8.26. The number of hydrogen-bond donors (Lipinski definition) is 2. The van der Waals surface area contributed by atoms with Gasteiger partial charge in [-0.1, -0.05) is 109 Å². The summed E-state index contributed by atoms with van der Waals surface area (Å²) in [7, 11) is 0. The van der Waals surface area contributed by atoms with E-state index in [9.17, 15) is 15.2 Å². The molecule has 0 saturated heterocycles. The first kappa shape index (κ1) is 35.1. The van der Waals surface area contributed by atoms with Gasteiger partial charge in [0, 0.05) is 44.1 Å². The van der Waals surface area contributed by atoms with Crippen LogP contribution in [-0.2, 0) is 4.79 Å². The zero-order valence-corrected chi connectivity index (χ0v) is 31.4. The third-order valence-electron chi connectivity index (χ3n) is 9.98. The van der Waals surface area contributed by atoms with Gasteiger partial charge in [0.1, 0.15) is 11.6 Å². The van der Waals surface area contributed by atoms with Gasteiger partial charge in [-0.2, -0.15) is 5.26 Å². The Labute approximate surface area is 334 Å². The molecule has 0 bridgehead atoms. The highest BCUT2D eigenvalue weighted by atomic mass is 32.1. The van der Waals surface area contributed by atoms with E-state index < -0.39 is 5.97 Å². The third kappa shape index (κ3) is 6.94. The van der Waals surface area contributed by atoms with E-state index in [2.05, 4.69) is 179 Å². The number of H-pyrrole nitrogens is 1. The molecule has 0 saturated carbocycles. The van der Waals surface area contributed by atoms with Gasteiger partial charge < -0.3 is 19.9 Å². The van der Waals surface area contributed by atoms with Crippen molar-refractivity contribution in [2.75, 3.05) is 9.80 Å². The second-order valence-electron chi connectivity index (χ2n) is 13.5. The predicted molar refractivity (Wildman–Crippen MR) is 235 cm³/mol. The van der Waals surface area contributed by atoms with Gasteiger partial charge in [-0.05, 0) is 101 Å². The third-order valence-corrected chi connectivity index (χ3v) is 11.1.